The SMILES string of the molecule is O=C(NCC(=O)N1CC[C@@H](O)C1)c1ccc(Cl)cc1. The highest BCUT2D eigenvalue weighted by molar-refractivity contribution is 6.30. The van der Waals surface area contributed by atoms with E-state index in [1.54, 1.807) is 29.2 Å². The fourth-order valence-corrected chi connectivity index (χ4v) is 2.07. The van der Waals surface area contributed by atoms with Gasteiger partial charge in [0.25, 0.3) is 5.91 Å². The normalized spacial score (nSPS) is 18.4. The van der Waals surface area contributed by atoms with Crippen molar-refractivity contribution in [3.63, 3.8) is 0 Å². The quantitative estimate of drug-likeness (QED) is 0.856. The summed E-state index contributed by atoms with van der Waals surface area (Å²) < 4.78 is 0. The molecule has 0 bridgehead atoms. The summed E-state index contributed by atoms with van der Waals surface area (Å²) >= 11 is 5.73. The number of hydrogen-bond acceptors (Lipinski definition) is 3. The fourth-order valence-electron chi connectivity index (χ4n) is 1.94. The van der Waals surface area contributed by atoms with Crippen LogP contribution in [-0.2, 0) is 4.79 Å². The summed E-state index contributed by atoms with van der Waals surface area (Å²) in [6.07, 6.45) is 0.146. The Kier molecular flexibility index (Phi) is 4.39. The molecule has 19 heavy (non-hydrogen) atoms. The molecule has 1 aliphatic heterocycles. The predicted molar refractivity (Wildman–Crippen MR) is 71.0 cm³/mol. The number of nitrogens with zero attached hydrogens (tertiary/aromatic N) is 1. The van der Waals surface area contributed by atoms with Gasteiger partial charge in [-0.3, -0.25) is 9.59 Å². The van der Waals surface area contributed by atoms with E-state index < -0.39 is 6.10 Å². The topological polar surface area (TPSA) is 69.6 Å². The molecule has 0 aliphatic carbocycles. The maximum Gasteiger partial charge on any atom is 0.251 e. The van der Waals surface area contributed by atoms with Gasteiger partial charge in [0.2, 0.25) is 5.91 Å². The average Bonchev–Trinajstić information content (AvgIpc) is 2.83. The molecule has 1 fully saturated rings. The van der Waals surface area contributed by atoms with E-state index in [0.29, 0.717) is 30.1 Å². The van der Waals surface area contributed by atoms with Crippen molar-refractivity contribution < 1.29 is 14.7 Å². The van der Waals surface area contributed by atoms with Gasteiger partial charge < -0.3 is 15.3 Å². The number of benzene rings is 1. The van der Waals surface area contributed by atoms with Gasteiger partial charge in [-0.25, -0.2) is 0 Å². The van der Waals surface area contributed by atoms with Crippen molar-refractivity contribution in [3.05, 3.63) is 34.9 Å². The summed E-state index contributed by atoms with van der Waals surface area (Å²) in [6.45, 7) is 0.820. The summed E-state index contributed by atoms with van der Waals surface area (Å²) in [5.74, 6) is -0.497. The van der Waals surface area contributed by atoms with Crippen LogP contribution in [0.4, 0.5) is 0 Å². The molecule has 0 unspecified atom stereocenters. The molecule has 2 rings (SSSR count). The maximum absolute atomic E-state index is 11.8. The standard InChI is InChI=1S/C13H15ClN2O3/c14-10-3-1-9(2-4-10)13(19)15-7-12(18)16-6-5-11(17)8-16/h1-4,11,17H,5-8H2,(H,15,19)/t11-/m1/s1. The van der Waals surface area contributed by atoms with Crippen LogP contribution in [-0.4, -0.2) is 47.6 Å². The number of rotatable bonds is 3. The lowest BCUT2D eigenvalue weighted by molar-refractivity contribution is -0.129. The number of hydrogen-bond donors (Lipinski definition) is 2. The molecule has 0 saturated carbocycles. The van der Waals surface area contributed by atoms with Crippen molar-refractivity contribution in [2.45, 2.75) is 12.5 Å². The summed E-state index contributed by atoms with van der Waals surface area (Å²) in [6, 6.07) is 6.44. The van der Waals surface area contributed by atoms with Gasteiger partial charge in [0.15, 0.2) is 0 Å². The number of halogens is 1. The highest BCUT2D eigenvalue weighted by atomic mass is 35.5. The minimum atomic E-state index is -0.448. The van der Waals surface area contributed by atoms with Crippen LogP contribution >= 0.6 is 11.6 Å². The predicted octanol–water partition coefficient (Wildman–Crippen LogP) is 0.663. The van der Waals surface area contributed by atoms with Crippen LogP contribution in [0.2, 0.25) is 5.02 Å². The molecule has 1 atom stereocenters. The Morgan fingerprint density at radius 1 is 1.37 bits per heavy atom. The Labute approximate surface area is 116 Å². The van der Waals surface area contributed by atoms with Crippen molar-refractivity contribution >= 4 is 23.4 Å². The van der Waals surface area contributed by atoms with E-state index in [2.05, 4.69) is 5.32 Å². The van der Waals surface area contributed by atoms with Crippen molar-refractivity contribution in [2.75, 3.05) is 19.6 Å². The first-order chi connectivity index (χ1) is 9.06. The third-order valence-corrected chi connectivity index (χ3v) is 3.27. The fraction of sp³-hybridized carbons (Fsp3) is 0.385. The smallest absolute Gasteiger partial charge is 0.251 e. The molecule has 1 aromatic rings. The third-order valence-electron chi connectivity index (χ3n) is 3.02. The molecule has 1 heterocycles. The van der Waals surface area contributed by atoms with Crippen molar-refractivity contribution in [3.8, 4) is 0 Å². The molecule has 0 spiro atoms. The van der Waals surface area contributed by atoms with E-state index >= 15 is 0 Å². The molecule has 0 aromatic heterocycles. The molecule has 1 aromatic carbocycles. The zero-order valence-corrected chi connectivity index (χ0v) is 11.1. The average molecular weight is 283 g/mol. The van der Waals surface area contributed by atoms with E-state index in [1.165, 1.54) is 0 Å². The Bertz CT molecular complexity index is 475. The molecule has 0 radical (unpaired) electrons. The Morgan fingerprint density at radius 2 is 2.05 bits per heavy atom. The van der Waals surface area contributed by atoms with E-state index in [9.17, 15) is 14.7 Å². The molecule has 102 valence electrons. The van der Waals surface area contributed by atoms with Crippen molar-refractivity contribution in [1.29, 1.82) is 0 Å². The Balaban J connectivity index is 1.83. The van der Waals surface area contributed by atoms with Crippen LogP contribution in [0.15, 0.2) is 24.3 Å². The lowest BCUT2D eigenvalue weighted by atomic mass is 10.2. The van der Waals surface area contributed by atoms with Gasteiger partial charge in [0.1, 0.15) is 0 Å². The third kappa shape index (κ3) is 3.68. The van der Waals surface area contributed by atoms with E-state index in [0.717, 1.165) is 0 Å². The van der Waals surface area contributed by atoms with Crippen LogP contribution < -0.4 is 5.32 Å². The number of aliphatic hydroxyl groups is 1. The molecule has 5 nitrogen and oxygen atoms in total. The minimum absolute atomic E-state index is 0.0613. The number of amides is 2. The molecule has 1 saturated heterocycles. The van der Waals surface area contributed by atoms with E-state index in [4.69, 9.17) is 11.6 Å². The molecular weight excluding hydrogens is 268 g/mol. The van der Waals surface area contributed by atoms with Crippen molar-refractivity contribution in [1.82, 2.24) is 10.2 Å². The highest BCUT2D eigenvalue weighted by Crippen LogP contribution is 2.10. The molecule has 2 N–H and O–H groups in total. The summed E-state index contributed by atoms with van der Waals surface area (Å²) in [5.41, 5.74) is 0.457. The first-order valence-electron chi connectivity index (χ1n) is 6.06. The lowest BCUT2D eigenvalue weighted by Crippen LogP contribution is -2.39. The van der Waals surface area contributed by atoms with Crippen LogP contribution in [0.5, 0.6) is 0 Å². The van der Waals surface area contributed by atoms with Gasteiger partial charge in [-0.2, -0.15) is 0 Å². The number of β-amino-alcohol motifs (C(OH)–C–C–N with tert-alkyl or cyclic N) is 1. The zero-order valence-electron chi connectivity index (χ0n) is 10.3. The van der Waals surface area contributed by atoms with Gasteiger partial charge >= 0.3 is 0 Å². The van der Waals surface area contributed by atoms with Gasteiger partial charge in [-0.15, -0.1) is 0 Å². The summed E-state index contributed by atoms with van der Waals surface area (Å²) in [5, 5.41) is 12.4. The van der Waals surface area contributed by atoms with Crippen LogP contribution in [0.25, 0.3) is 0 Å². The van der Waals surface area contributed by atoms with Gasteiger partial charge in [0, 0.05) is 23.7 Å². The van der Waals surface area contributed by atoms with Gasteiger partial charge in [-0.05, 0) is 30.7 Å². The van der Waals surface area contributed by atoms with E-state index in [-0.39, 0.29) is 18.4 Å². The number of aliphatic hydroxyl groups excluding tert-OH is 1. The van der Waals surface area contributed by atoms with Gasteiger partial charge in [-0.1, -0.05) is 11.6 Å². The highest BCUT2D eigenvalue weighted by Gasteiger charge is 2.24. The monoisotopic (exact) mass is 282 g/mol. The second-order valence-corrected chi connectivity index (χ2v) is 4.91. The lowest BCUT2D eigenvalue weighted by Gasteiger charge is -2.15. The second-order valence-electron chi connectivity index (χ2n) is 4.47. The molecular formula is C13H15ClN2O3. The number of carbonyl (C=O) groups excluding carboxylic acids is 2. The molecule has 1 aliphatic rings. The number of likely N-dealkylation sites (tertiary alicyclic amines) is 1. The van der Waals surface area contributed by atoms with Crippen LogP contribution in [0.1, 0.15) is 16.8 Å². The molecule has 2 amide bonds. The maximum atomic E-state index is 11.8. The summed E-state index contributed by atoms with van der Waals surface area (Å²) in [7, 11) is 0. The second kappa shape index (κ2) is 6.04. The first kappa shape index (κ1) is 13.8. The Hall–Kier alpha value is -1.59. The molecule has 6 heteroatoms. The summed E-state index contributed by atoms with van der Waals surface area (Å²) in [4.78, 5) is 25.1. The van der Waals surface area contributed by atoms with E-state index in [1.807, 2.05) is 0 Å². The number of nitrogens with one attached hydrogen (secondary N) is 1. The van der Waals surface area contributed by atoms with Crippen molar-refractivity contribution in [2.24, 2.45) is 0 Å². The Morgan fingerprint density at radius 3 is 2.63 bits per heavy atom. The number of carbonyl (C=O) groups is 2. The van der Waals surface area contributed by atoms with Gasteiger partial charge in [0.05, 0.1) is 12.6 Å². The largest absolute Gasteiger partial charge is 0.391 e. The zero-order chi connectivity index (χ0) is 13.8. The van der Waals surface area contributed by atoms with Crippen LogP contribution in [0, 0.1) is 0 Å². The minimum Gasteiger partial charge on any atom is -0.391 e. The first-order valence-corrected chi connectivity index (χ1v) is 6.43. The van der Waals surface area contributed by atoms with Crippen LogP contribution in [0.3, 0.4) is 0 Å².